The molecule has 0 bridgehead atoms. The Balaban J connectivity index is 6.18. The molecule has 0 aliphatic rings. The first-order valence-electron chi connectivity index (χ1n) is 15.8. The van der Waals surface area contributed by atoms with Crippen molar-refractivity contribution in [2.45, 2.75) is 157 Å². The summed E-state index contributed by atoms with van der Waals surface area (Å²) in [5.41, 5.74) is 0. The van der Waals surface area contributed by atoms with Crippen molar-refractivity contribution in [2.24, 2.45) is 4.99 Å². The van der Waals surface area contributed by atoms with E-state index in [1.54, 1.807) is 0 Å². The van der Waals surface area contributed by atoms with Crippen LogP contribution in [0.25, 0.3) is 0 Å². The number of aliphatic imine (C=N–C) groups is 1. The van der Waals surface area contributed by atoms with E-state index >= 15 is 0 Å². The zero-order valence-electron chi connectivity index (χ0n) is 24.8. The molecule has 0 heterocycles. The summed E-state index contributed by atoms with van der Waals surface area (Å²) in [6, 6.07) is 0. The Kier molecular flexibility index (Phi) is 23.7. The first-order valence-corrected chi connectivity index (χ1v) is 15.8. The SMILES string of the molecule is CCCCCN=C(N(CCCCC)CCCCC)[N+](CCCCC)(CCCCC)CCCCC. The fourth-order valence-electron chi connectivity index (χ4n) is 5.14. The largest absolute Gasteiger partial charge is 0.311 e. The minimum Gasteiger partial charge on any atom is -0.311 e. The molecule has 0 aromatic heterocycles. The predicted octanol–water partition coefficient (Wildman–Crippen LogP) is 9.60. The molecule has 204 valence electrons. The predicted molar refractivity (Wildman–Crippen MR) is 156 cm³/mol. The Morgan fingerprint density at radius 2 is 0.824 bits per heavy atom. The third kappa shape index (κ3) is 15.4. The molecule has 0 atom stereocenters. The molecule has 0 fully saturated rings. The Bertz CT molecular complexity index is 409. The van der Waals surface area contributed by atoms with Crippen LogP contribution in [0.15, 0.2) is 4.99 Å². The van der Waals surface area contributed by atoms with Gasteiger partial charge >= 0.3 is 0 Å². The summed E-state index contributed by atoms with van der Waals surface area (Å²) in [4.78, 5) is 8.34. The van der Waals surface area contributed by atoms with E-state index in [1.807, 2.05) is 0 Å². The Morgan fingerprint density at radius 1 is 0.471 bits per heavy atom. The van der Waals surface area contributed by atoms with Gasteiger partial charge in [0, 0.05) is 19.6 Å². The van der Waals surface area contributed by atoms with Crippen molar-refractivity contribution in [1.29, 1.82) is 0 Å². The van der Waals surface area contributed by atoms with E-state index in [1.165, 1.54) is 159 Å². The zero-order chi connectivity index (χ0) is 25.3. The second kappa shape index (κ2) is 24.1. The first kappa shape index (κ1) is 33.4. The molecule has 0 radical (unpaired) electrons. The molecule has 0 aromatic carbocycles. The number of hydrogen-bond donors (Lipinski definition) is 0. The van der Waals surface area contributed by atoms with E-state index in [0.29, 0.717) is 0 Å². The molecule has 3 heteroatoms. The lowest BCUT2D eigenvalue weighted by Gasteiger charge is -2.43. The number of nitrogens with zero attached hydrogens (tertiary/aromatic N) is 3. The summed E-state index contributed by atoms with van der Waals surface area (Å²) >= 11 is 0. The van der Waals surface area contributed by atoms with Gasteiger partial charge in [0.15, 0.2) is 0 Å². The van der Waals surface area contributed by atoms with Gasteiger partial charge in [-0.1, -0.05) is 99.3 Å². The molecule has 3 nitrogen and oxygen atoms in total. The summed E-state index contributed by atoms with van der Waals surface area (Å²) in [5.74, 6) is 1.49. The molecule has 0 rings (SSSR count). The van der Waals surface area contributed by atoms with Crippen LogP contribution in [0.2, 0.25) is 0 Å². The third-order valence-corrected chi connectivity index (χ3v) is 7.35. The first-order chi connectivity index (χ1) is 16.7. The lowest BCUT2D eigenvalue weighted by molar-refractivity contribution is -0.848. The fraction of sp³-hybridized carbons (Fsp3) is 0.968. The number of hydrogen-bond acceptors (Lipinski definition) is 1. The lowest BCUT2D eigenvalue weighted by atomic mass is 10.1. The van der Waals surface area contributed by atoms with Crippen LogP contribution < -0.4 is 0 Å². The van der Waals surface area contributed by atoms with Gasteiger partial charge in [-0.05, 0) is 57.8 Å². The molecular formula is C31H66N3+. The lowest BCUT2D eigenvalue weighted by Crippen LogP contribution is -2.61. The van der Waals surface area contributed by atoms with Crippen LogP contribution >= 0.6 is 0 Å². The van der Waals surface area contributed by atoms with Crippen LogP contribution in [0.3, 0.4) is 0 Å². The van der Waals surface area contributed by atoms with Gasteiger partial charge in [0.05, 0.1) is 19.6 Å². The molecule has 0 amide bonds. The van der Waals surface area contributed by atoms with Crippen molar-refractivity contribution in [3.05, 3.63) is 0 Å². The topological polar surface area (TPSA) is 15.6 Å². The maximum absolute atomic E-state index is 5.54. The second-order valence-corrected chi connectivity index (χ2v) is 10.7. The van der Waals surface area contributed by atoms with Gasteiger partial charge in [-0.15, -0.1) is 0 Å². The number of rotatable bonds is 24. The quantitative estimate of drug-likeness (QED) is 0.0581. The smallest absolute Gasteiger partial charge is 0.300 e. The third-order valence-electron chi connectivity index (χ3n) is 7.35. The van der Waals surface area contributed by atoms with Crippen molar-refractivity contribution >= 4 is 5.96 Å². The van der Waals surface area contributed by atoms with E-state index in [9.17, 15) is 0 Å². The molecule has 0 aromatic rings. The maximum atomic E-state index is 5.54. The molecule has 0 unspecified atom stereocenters. The highest BCUT2D eigenvalue weighted by molar-refractivity contribution is 5.73. The van der Waals surface area contributed by atoms with Crippen molar-refractivity contribution in [1.82, 2.24) is 4.90 Å². The van der Waals surface area contributed by atoms with Gasteiger partial charge < -0.3 is 4.90 Å². The van der Waals surface area contributed by atoms with Gasteiger partial charge in [0.25, 0.3) is 5.96 Å². The van der Waals surface area contributed by atoms with Crippen molar-refractivity contribution < 1.29 is 4.48 Å². The number of guanidine groups is 1. The zero-order valence-corrected chi connectivity index (χ0v) is 24.8. The molecule has 34 heavy (non-hydrogen) atoms. The fourth-order valence-corrected chi connectivity index (χ4v) is 5.14. The molecule has 0 saturated heterocycles. The molecule has 0 saturated carbocycles. The average molecular weight is 481 g/mol. The van der Waals surface area contributed by atoms with Crippen LogP contribution in [-0.2, 0) is 0 Å². The van der Waals surface area contributed by atoms with Gasteiger partial charge in [0.2, 0.25) is 0 Å². The van der Waals surface area contributed by atoms with Crippen LogP contribution in [0.1, 0.15) is 157 Å². The highest BCUT2D eigenvalue weighted by Gasteiger charge is 2.36. The van der Waals surface area contributed by atoms with E-state index in [2.05, 4.69) is 46.4 Å². The number of unbranched alkanes of at least 4 members (excludes halogenated alkanes) is 12. The van der Waals surface area contributed by atoms with E-state index in [0.717, 1.165) is 6.54 Å². The van der Waals surface area contributed by atoms with Crippen molar-refractivity contribution in [2.75, 3.05) is 39.3 Å². The van der Waals surface area contributed by atoms with Crippen molar-refractivity contribution in [3.8, 4) is 0 Å². The molecule has 0 aliphatic heterocycles. The minimum atomic E-state index is 1.02. The summed E-state index contributed by atoms with van der Waals surface area (Å²) in [6.45, 7) is 21.4. The van der Waals surface area contributed by atoms with Gasteiger partial charge in [-0.3, -0.25) is 4.48 Å². The monoisotopic (exact) mass is 481 g/mol. The van der Waals surface area contributed by atoms with E-state index in [-0.39, 0.29) is 0 Å². The molecule has 0 aliphatic carbocycles. The molecule has 0 N–H and O–H groups in total. The maximum Gasteiger partial charge on any atom is 0.300 e. The van der Waals surface area contributed by atoms with Gasteiger partial charge in [0.1, 0.15) is 0 Å². The van der Waals surface area contributed by atoms with E-state index in [4.69, 9.17) is 4.99 Å². The van der Waals surface area contributed by atoms with Crippen molar-refractivity contribution in [3.63, 3.8) is 0 Å². The van der Waals surface area contributed by atoms with Gasteiger partial charge in [-0.2, -0.15) is 0 Å². The summed E-state index contributed by atoms with van der Waals surface area (Å²) in [7, 11) is 0. The normalized spacial score (nSPS) is 12.5. The summed E-state index contributed by atoms with van der Waals surface area (Å²) < 4.78 is 1.17. The number of quaternary nitrogens is 1. The Labute approximate surface area is 216 Å². The standard InChI is InChI=1S/C31H66N3/c1-7-13-19-25-32-31(33(26-20-14-8-2)27-21-15-9-3)34(28-22-16-10-4,29-23-17-11-5)30-24-18-12-6/h7-30H2,1-6H3/q+1. The summed E-state index contributed by atoms with van der Waals surface area (Å²) in [5, 5.41) is 0. The highest BCUT2D eigenvalue weighted by Crippen LogP contribution is 2.22. The van der Waals surface area contributed by atoms with Crippen LogP contribution in [0.4, 0.5) is 0 Å². The minimum absolute atomic E-state index is 1.02. The molecule has 0 spiro atoms. The average Bonchev–Trinajstić information content (AvgIpc) is 2.84. The van der Waals surface area contributed by atoms with Crippen LogP contribution in [0, 0.1) is 0 Å². The van der Waals surface area contributed by atoms with Crippen LogP contribution in [-0.4, -0.2) is 54.6 Å². The van der Waals surface area contributed by atoms with E-state index < -0.39 is 0 Å². The summed E-state index contributed by atoms with van der Waals surface area (Å²) in [6.07, 6.45) is 23.8. The van der Waals surface area contributed by atoms with Crippen LogP contribution in [0.5, 0.6) is 0 Å². The highest BCUT2D eigenvalue weighted by atomic mass is 15.5. The molecular weight excluding hydrogens is 414 g/mol. The second-order valence-electron chi connectivity index (χ2n) is 10.7. The Hall–Kier alpha value is -0.570. The van der Waals surface area contributed by atoms with Gasteiger partial charge in [-0.25, -0.2) is 4.99 Å². The Morgan fingerprint density at radius 3 is 1.21 bits per heavy atom.